The number of rotatable bonds is 9. The van der Waals surface area contributed by atoms with Gasteiger partial charge in [0, 0.05) is 26.1 Å². The van der Waals surface area contributed by atoms with E-state index in [9.17, 15) is 14.4 Å². The van der Waals surface area contributed by atoms with Crippen molar-refractivity contribution >= 4 is 17.9 Å². The molecule has 4 N–H and O–H groups in total. The minimum Gasteiger partial charge on any atom is -0.481 e. The summed E-state index contributed by atoms with van der Waals surface area (Å²) in [5.41, 5.74) is 0. The molecule has 0 bridgehead atoms. The Labute approximate surface area is 113 Å². The highest BCUT2D eigenvalue weighted by Crippen LogP contribution is 2.04. The number of hydrogen-bond donors (Lipinski definition) is 4. The SMILES string of the molecule is CCCC(CNC(=O)NCCC(=O)NCC)C(=O)O. The van der Waals surface area contributed by atoms with Crippen LogP contribution in [0, 0.1) is 5.92 Å². The quantitative estimate of drug-likeness (QED) is 0.485. The van der Waals surface area contributed by atoms with E-state index in [0.29, 0.717) is 13.0 Å². The molecule has 7 heteroatoms. The first-order valence-electron chi connectivity index (χ1n) is 6.52. The van der Waals surface area contributed by atoms with Crippen molar-refractivity contribution in [3.8, 4) is 0 Å². The van der Waals surface area contributed by atoms with Gasteiger partial charge in [-0.2, -0.15) is 0 Å². The molecule has 0 aromatic rings. The van der Waals surface area contributed by atoms with Gasteiger partial charge in [0.25, 0.3) is 0 Å². The maximum Gasteiger partial charge on any atom is 0.314 e. The molecule has 0 radical (unpaired) electrons. The second kappa shape index (κ2) is 10.2. The second-order valence-corrected chi connectivity index (χ2v) is 4.16. The summed E-state index contributed by atoms with van der Waals surface area (Å²) < 4.78 is 0. The largest absolute Gasteiger partial charge is 0.481 e. The van der Waals surface area contributed by atoms with Crippen LogP contribution in [-0.2, 0) is 9.59 Å². The van der Waals surface area contributed by atoms with Gasteiger partial charge in [-0.25, -0.2) is 4.79 Å². The maximum atomic E-state index is 11.4. The number of carboxylic acid groups (broad SMARTS) is 1. The van der Waals surface area contributed by atoms with Crippen LogP contribution >= 0.6 is 0 Å². The minimum atomic E-state index is -0.913. The molecule has 0 aliphatic rings. The molecule has 0 aliphatic heterocycles. The Morgan fingerprint density at radius 1 is 1.11 bits per heavy atom. The van der Waals surface area contributed by atoms with Crippen molar-refractivity contribution in [1.82, 2.24) is 16.0 Å². The standard InChI is InChI=1S/C12H23N3O4/c1-3-5-9(11(17)18)8-15-12(19)14-7-6-10(16)13-4-2/h9H,3-8H2,1-2H3,(H,13,16)(H,17,18)(H2,14,15,19). The van der Waals surface area contributed by atoms with Crippen LogP contribution in [0.1, 0.15) is 33.1 Å². The first-order valence-corrected chi connectivity index (χ1v) is 6.52. The Hall–Kier alpha value is -1.79. The van der Waals surface area contributed by atoms with Crippen molar-refractivity contribution in [3.05, 3.63) is 0 Å². The van der Waals surface area contributed by atoms with Gasteiger partial charge >= 0.3 is 12.0 Å². The highest BCUT2D eigenvalue weighted by molar-refractivity contribution is 5.78. The van der Waals surface area contributed by atoms with E-state index in [2.05, 4.69) is 16.0 Å². The average Bonchev–Trinajstić information content (AvgIpc) is 2.34. The van der Waals surface area contributed by atoms with Crippen LogP contribution in [0.4, 0.5) is 4.79 Å². The Bertz CT molecular complexity index is 307. The fourth-order valence-corrected chi connectivity index (χ4v) is 1.51. The summed E-state index contributed by atoms with van der Waals surface area (Å²) in [6.07, 6.45) is 1.48. The van der Waals surface area contributed by atoms with Gasteiger partial charge in [0.05, 0.1) is 5.92 Å². The van der Waals surface area contributed by atoms with E-state index < -0.39 is 17.9 Å². The predicted molar refractivity (Wildman–Crippen MR) is 70.7 cm³/mol. The normalized spacial score (nSPS) is 11.5. The molecule has 0 aromatic heterocycles. The second-order valence-electron chi connectivity index (χ2n) is 4.16. The smallest absolute Gasteiger partial charge is 0.314 e. The van der Waals surface area contributed by atoms with Crippen LogP contribution in [0.25, 0.3) is 0 Å². The topological polar surface area (TPSA) is 108 Å². The van der Waals surface area contributed by atoms with Crippen LogP contribution in [0.2, 0.25) is 0 Å². The highest BCUT2D eigenvalue weighted by atomic mass is 16.4. The average molecular weight is 273 g/mol. The Morgan fingerprint density at radius 2 is 1.79 bits per heavy atom. The lowest BCUT2D eigenvalue weighted by atomic mass is 10.0. The molecular formula is C12H23N3O4. The Morgan fingerprint density at radius 3 is 2.32 bits per heavy atom. The monoisotopic (exact) mass is 273 g/mol. The van der Waals surface area contributed by atoms with E-state index in [1.165, 1.54) is 0 Å². The van der Waals surface area contributed by atoms with Gasteiger partial charge in [0.1, 0.15) is 0 Å². The summed E-state index contributed by atoms with van der Waals surface area (Å²) in [6, 6.07) is -0.452. The summed E-state index contributed by atoms with van der Waals surface area (Å²) >= 11 is 0. The molecule has 110 valence electrons. The molecule has 1 unspecified atom stereocenters. The number of hydrogen-bond acceptors (Lipinski definition) is 3. The summed E-state index contributed by atoms with van der Waals surface area (Å²) in [4.78, 5) is 33.3. The molecule has 7 nitrogen and oxygen atoms in total. The zero-order valence-corrected chi connectivity index (χ0v) is 11.5. The fourth-order valence-electron chi connectivity index (χ4n) is 1.51. The van der Waals surface area contributed by atoms with E-state index in [-0.39, 0.29) is 25.4 Å². The number of aliphatic carboxylic acids is 1. The van der Waals surface area contributed by atoms with Crippen molar-refractivity contribution in [3.63, 3.8) is 0 Å². The van der Waals surface area contributed by atoms with Crippen LogP contribution < -0.4 is 16.0 Å². The van der Waals surface area contributed by atoms with Crippen LogP contribution in [0.15, 0.2) is 0 Å². The molecular weight excluding hydrogens is 250 g/mol. The van der Waals surface area contributed by atoms with Crippen molar-refractivity contribution in [2.45, 2.75) is 33.1 Å². The van der Waals surface area contributed by atoms with Crippen molar-refractivity contribution < 1.29 is 19.5 Å². The van der Waals surface area contributed by atoms with E-state index in [4.69, 9.17) is 5.11 Å². The zero-order chi connectivity index (χ0) is 14.7. The molecule has 0 heterocycles. The third-order valence-corrected chi connectivity index (χ3v) is 2.51. The lowest BCUT2D eigenvalue weighted by molar-refractivity contribution is -0.141. The third kappa shape index (κ3) is 8.87. The van der Waals surface area contributed by atoms with E-state index in [1.807, 2.05) is 13.8 Å². The van der Waals surface area contributed by atoms with Gasteiger partial charge in [0.15, 0.2) is 0 Å². The van der Waals surface area contributed by atoms with E-state index >= 15 is 0 Å². The van der Waals surface area contributed by atoms with Crippen LogP contribution in [0.5, 0.6) is 0 Å². The molecule has 3 amide bonds. The van der Waals surface area contributed by atoms with E-state index in [1.54, 1.807) is 0 Å². The molecule has 19 heavy (non-hydrogen) atoms. The molecule has 0 rings (SSSR count). The molecule has 0 aliphatic carbocycles. The maximum absolute atomic E-state index is 11.4. The number of urea groups is 1. The summed E-state index contributed by atoms with van der Waals surface area (Å²) in [5.74, 6) is -1.61. The molecule has 0 saturated carbocycles. The lowest BCUT2D eigenvalue weighted by Crippen LogP contribution is -2.41. The first-order chi connectivity index (χ1) is 9.01. The number of carbonyl (C=O) groups is 3. The number of nitrogens with one attached hydrogen (secondary N) is 3. The van der Waals surface area contributed by atoms with Crippen LogP contribution in [-0.4, -0.2) is 42.6 Å². The lowest BCUT2D eigenvalue weighted by Gasteiger charge is -2.12. The Kier molecular flexibility index (Phi) is 9.20. The Balaban J connectivity index is 3.79. The molecule has 1 atom stereocenters. The molecule has 0 fully saturated rings. The predicted octanol–water partition coefficient (Wildman–Crippen LogP) is 0.313. The van der Waals surface area contributed by atoms with Gasteiger partial charge in [-0.1, -0.05) is 13.3 Å². The molecule has 0 spiro atoms. The summed E-state index contributed by atoms with van der Waals surface area (Å²) in [5, 5.41) is 16.5. The summed E-state index contributed by atoms with van der Waals surface area (Å²) in [6.45, 7) is 4.59. The fraction of sp³-hybridized carbons (Fsp3) is 0.750. The first kappa shape index (κ1) is 17.2. The van der Waals surface area contributed by atoms with Crippen LogP contribution in [0.3, 0.4) is 0 Å². The number of carboxylic acids is 1. The third-order valence-electron chi connectivity index (χ3n) is 2.51. The van der Waals surface area contributed by atoms with Gasteiger partial charge in [0.2, 0.25) is 5.91 Å². The minimum absolute atomic E-state index is 0.0934. The van der Waals surface area contributed by atoms with Crippen molar-refractivity contribution in [1.29, 1.82) is 0 Å². The van der Waals surface area contributed by atoms with E-state index in [0.717, 1.165) is 6.42 Å². The van der Waals surface area contributed by atoms with Gasteiger partial charge in [-0.15, -0.1) is 0 Å². The van der Waals surface area contributed by atoms with Gasteiger partial charge in [-0.3, -0.25) is 9.59 Å². The number of amides is 3. The van der Waals surface area contributed by atoms with Gasteiger partial charge in [-0.05, 0) is 13.3 Å². The molecule has 0 saturated heterocycles. The van der Waals surface area contributed by atoms with Crippen molar-refractivity contribution in [2.75, 3.05) is 19.6 Å². The summed E-state index contributed by atoms with van der Waals surface area (Å²) in [7, 11) is 0. The molecule has 0 aromatic carbocycles. The zero-order valence-electron chi connectivity index (χ0n) is 11.5. The van der Waals surface area contributed by atoms with Gasteiger partial charge < -0.3 is 21.1 Å². The van der Waals surface area contributed by atoms with Crippen molar-refractivity contribution in [2.24, 2.45) is 5.92 Å². The number of carbonyl (C=O) groups excluding carboxylic acids is 2. The highest BCUT2D eigenvalue weighted by Gasteiger charge is 2.16.